The van der Waals surface area contributed by atoms with E-state index in [9.17, 15) is 13.5 Å². The number of nitrogens with zero attached hydrogens (tertiary/aromatic N) is 1. The van der Waals surface area contributed by atoms with Crippen molar-refractivity contribution < 1.29 is 22.4 Å². The molecule has 7 nitrogen and oxygen atoms in total. The van der Waals surface area contributed by atoms with E-state index in [1.165, 1.54) is 0 Å². The molecule has 7 atom stereocenters. The number of aryl methyl sites for hydroxylation is 1. The van der Waals surface area contributed by atoms with Gasteiger partial charge in [0.15, 0.2) is 16.6 Å². The van der Waals surface area contributed by atoms with Crippen LogP contribution in [0.25, 0.3) is 0 Å². The van der Waals surface area contributed by atoms with Gasteiger partial charge in [-0.15, -0.1) is 0 Å². The third-order valence-electron chi connectivity index (χ3n) is 13.9. The molecule has 0 bridgehead atoms. The van der Waals surface area contributed by atoms with Gasteiger partial charge in [0.1, 0.15) is 0 Å². The molecule has 2 unspecified atom stereocenters. The molecule has 0 amide bonds. The van der Waals surface area contributed by atoms with Gasteiger partial charge >= 0.3 is 0 Å². The summed E-state index contributed by atoms with van der Waals surface area (Å²) in [4.78, 5) is 2.75. The zero-order chi connectivity index (χ0) is 36.1. The summed E-state index contributed by atoms with van der Waals surface area (Å²) < 4.78 is 39.9. The molecule has 0 radical (unpaired) electrons. The lowest BCUT2D eigenvalue weighted by atomic mass is 9.51. The highest BCUT2D eigenvalue weighted by molar-refractivity contribution is 7.89. The van der Waals surface area contributed by atoms with Crippen molar-refractivity contribution in [2.45, 2.75) is 167 Å². The topological polar surface area (TPSA) is 97.2 Å². The smallest absolute Gasteiger partial charge is 0.276 e. The number of hydrazone groups is 1. The number of nitrogens with one attached hydrogen (secondary N) is 1. The van der Waals surface area contributed by atoms with Crippen LogP contribution in [0, 0.1) is 35.5 Å². The Morgan fingerprint density at radius 3 is 2.10 bits per heavy atom. The van der Waals surface area contributed by atoms with Crippen molar-refractivity contribution in [2.75, 3.05) is 6.61 Å². The van der Waals surface area contributed by atoms with Crippen LogP contribution in [0.5, 0.6) is 0 Å². The van der Waals surface area contributed by atoms with Crippen LogP contribution in [-0.2, 0) is 18.9 Å². The van der Waals surface area contributed by atoms with Crippen molar-refractivity contribution in [2.24, 2.45) is 33.7 Å². The number of aliphatic hydroxyl groups is 1. The fraction of sp³-hybridized carbons (Fsp3) is 0.816. The average Bonchev–Trinajstić information content (AvgIpc) is 3.29. The van der Waals surface area contributed by atoms with Crippen molar-refractivity contribution >= 4 is 32.4 Å². The van der Waals surface area contributed by atoms with Gasteiger partial charge in [-0.25, -0.2) is 4.83 Å². The van der Waals surface area contributed by atoms with E-state index in [2.05, 4.69) is 91.5 Å². The van der Waals surface area contributed by atoms with Gasteiger partial charge in [0, 0.05) is 23.8 Å². The Kier molecular flexibility index (Phi) is 11.4. The Balaban J connectivity index is 1.54. The SMILES string of the molecule is Cc1ccc(S(=O)(=O)NN=C2CCC3[C@H](O)C([C@@]4(C)CC[C@H](O[Si](C)(C)C(C)(C)C)C[C@@H]4CCO[Si](C)(C)C(C)(C)C)CC[C@]23C)cc1. The first-order valence-electron chi connectivity index (χ1n) is 18.5. The summed E-state index contributed by atoms with van der Waals surface area (Å²) in [7, 11) is -7.57. The van der Waals surface area contributed by atoms with Gasteiger partial charge in [-0.2, -0.15) is 13.5 Å². The highest BCUT2D eigenvalue weighted by Gasteiger charge is 2.58. The third-order valence-corrected chi connectivity index (χ3v) is 24.2. The second-order valence-electron chi connectivity index (χ2n) is 19.0. The van der Waals surface area contributed by atoms with Crippen LogP contribution in [0.4, 0.5) is 0 Å². The van der Waals surface area contributed by atoms with E-state index in [4.69, 9.17) is 8.85 Å². The summed E-state index contributed by atoms with van der Waals surface area (Å²) in [5.41, 5.74) is 1.52. The standard InChI is InChI=1S/C38H68N2O5SSi2/c1-27-14-16-30(17-15-27)46(42,43)40-39-33-19-18-31-34(41)32(21-24-38(31,33)9)37(8)23-20-29(45-48(12,13)36(5,6)7)26-28(37)22-25-44-47(10,11)35(2,3)4/h14-17,28-29,31-32,34,40-41H,18-26H2,1-13H3/t28-,29-,31?,32?,34-,37-,38-/m0/s1. The molecular weight excluding hydrogens is 653 g/mol. The van der Waals surface area contributed by atoms with Crippen molar-refractivity contribution in [3.8, 4) is 0 Å². The summed E-state index contributed by atoms with van der Waals surface area (Å²) in [6.07, 6.45) is 7.18. The van der Waals surface area contributed by atoms with E-state index >= 15 is 0 Å². The number of rotatable bonds is 10. The normalized spacial score (nSPS) is 33.1. The maximum atomic E-state index is 13.1. The maximum Gasteiger partial charge on any atom is 0.276 e. The van der Waals surface area contributed by atoms with E-state index in [0.717, 1.165) is 62.8 Å². The highest BCUT2D eigenvalue weighted by atomic mass is 32.2. The van der Waals surface area contributed by atoms with Crippen LogP contribution < -0.4 is 4.83 Å². The lowest BCUT2D eigenvalue weighted by Crippen LogP contribution is -2.55. The van der Waals surface area contributed by atoms with Crippen LogP contribution in [0.2, 0.25) is 36.3 Å². The van der Waals surface area contributed by atoms with Crippen LogP contribution in [0.15, 0.2) is 34.3 Å². The van der Waals surface area contributed by atoms with E-state index in [-0.39, 0.29) is 43.7 Å². The molecule has 0 heterocycles. The Morgan fingerprint density at radius 2 is 1.52 bits per heavy atom. The molecule has 3 saturated carbocycles. The summed E-state index contributed by atoms with van der Waals surface area (Å²) in [5.74, 6) is 0.623. The molecule has 274 valence electrons. The molecule has 0 aromatic heterocycles. The van der Waals surface area contributed by atoms with Crippen molar-refractivity contribution in [1.29, 1.82) is 0 Å². The van der Waals surface area contributed by atoms with Gasteiger partial charge in [-0.1, -0.05) is 73.1 Å². The molecule has 3 fully saturated rings. The number of sulfonamides is 1. The van der Waals surface area contributed by atoms with Crippen molar-refractivity contribution in [1.82, 2.24) is 4.83 Å². The second kappa shape index (κ2) is 13.8. The molecule has 4 rings (SSSR count). The summed E-state index contributed by atoms with van der Waals surface area (Å²) >= 11 is 0. The first kappa shape index (κ1) is 39.7. The summed E-state index contributed by atoms with van der Waals surface area (Å²) in [6, 6.07) is 6.83. The van der Waals surface area contributed by atoms with Crippen LogP contribution in [0.3, 0.4) is 0 Å². The highest BCUT2D eigenvalue weighted by Crippen LogP contribution is 2.60. The van der Waals surface area contributed by atoms with E-state index < -0.39 is 32.8 Å². The number of hydrogen-bond donors (Lipinski definition) is 2. The largest absolute Gasteiger partial charge is 0.417 e. The Bertz CT molecular complexity index is 1420. The van der Waals surface area contributed by atoms with Gasteiger partial charge in [0.05, 0.1) is 11.0 Å². The molecule has 2 N–H and O–H groups in total. The lowest BCUT2D eigenvalue weighted by molar-refractivity contribution is -0.117. The molecule has 0 spiro atoms. The summed E-state index contributed by atoms with van der Waals surface area (Å²) in [6.45, 7) is 30.6. The van der Waals surface area contributed by atoms with Crippen molar-refractivity contribution in [3.63, 3.8) is 0 Å². The molecule has 1 aromatic carbocycles. The average molecular weight is 721 g/mol. The monoisotopic (exact) mass is 720 g/mol. The molecule has 3 aliphatic carbocycles. The molecular formula is C38H68N2O5SSi2. The number of benzene rings is 1. The van der Waals surface area contributed by atoms with Gasteiger partial charge in [-0.05, 0) is 130 Å². The number of aliphatic hydroxyl groups excluding tert-OH is 1. The molecule has 0 saturated heterocycles. The van der Waals surface area contributed by atoms with Crippen LogP contribution in [-0.4, -0.2) is 54.7 Å². The minimum Gasteiger partial charge on any atom is -0.417 e. The minimum absolute atomic E-state index is 0.0300. The van der Waals surface area contributed by atoms with Gasteiger partial charge < -0.3 is 14.0 Å². The molecule has 0 aliphatic heterocycles. The molecule has 3 aliphatic rings. The third kappa shape index (κ3) is 8.04. The molecule has 1 aromatic rings. The van der Waals surface area contributed by atoms with Crippen LogP contribution >= 0.6 is 0 Å². The second-order valence-corrected chi connectivity index (χ2v) is 30.3. The molecule has 48 heavy (non-hydrogen) atoms. The number of hydrogen-bond acceptors (Lipinski definition) is 6. The van der Waals surface area contributed by atoms with Gasteiger partial charge in [0.2, 0.25) is 0 Å². The van der Waals surface area contributed by atoms with E-state index in [0.29, 0.717) is 12.3 Å². The van der Waals surface area contributed by atoms with E-state index in [1.807, 2.05) is 6.92 Å². The summed E-state index contributed by atoms with van der Waals surface area (Å²) in [5, 5.41) is 17.1. The first-order valence-corrected chi connectivity index (χ1v) is 25.8. The minimum atomic E-state index is -3.76. The Labute approximate surface area is 295 Å². The fourth-order valence-electron chi connectivity index (χ4n) is 8.37. The lowest BCUT2D eigenvalue weighted by Gasteiger charge is -2.56. The quantitative estimate of drug-likeness (QED) is 0.186. The zero-order valence-electron chi connectivity index (χ0n) is 32.5. The van der Waals surface area contributed by atoms with Gasteiger partial charge in [0.25, 0.3) is 10.0 Å². The predicted octanol–water partition coefficient (Wildman–Crippen LogP) is 9.43. The fourth-order valence-corrected chi connectivity index (χ4v) is 11.7. The van der Waals surface area contributed by atoms with Gasteiger partial charge in [-0.3, -0.25) is 0 Å². The zero-order valence-corrected chi connectivity index (χ0v) is 35.3. The first-order chi connectivity index (χ1) is 21.8. The maximum absolute atomic E-state index is 13.1. The van der Waals surface area contributed by atoms with E-state index in [1.54, 1.807) is 24.3 Å². The Hall–Kier alpha value is -1.05. The predicted molar refractivity (Wildman–Crippen MR) is 204 cm³/mol. The van der Waals surface area contributed by atoms with Crippen LogP contribution in [0.1, 0.15) is 112 Å². The van der Waals surface area contributed by atoms with Crippen molar-refractivity contribution in [3.05, 3.63) is 29.8 Å². The Morgan fingerprint density at radius 1 is 0.917 bits per heavy atom. The molecule has 10 heteroatoms. The number of fused-ring (bicyclic) bond motifs is 1.